The van der Waals surface area contributed by atoms with Gasteiger partial charge in [0, 0.05) is 6.61 Å². The number of unbranched alkanes of at least 4 members (excludes halogenated alkanes) is 9. The molecule has 0 saturated heterocycles. The fourth-order valence-electron chi connectivity index (χ4n) is 2.70. The van der Waals surface area contributed by atoms with Gasteiger partial charge in [0.25, 0.3) is 0 Å². The smallest absolute Gasteiger partial charge is 0.107 e. The molecule has 0 amide bonds. The summed E-state index contributed by atoms with van der Waals surface area (Å²) in [6.45, 7) is 8.09. The van der Waals surface area contributed by atoms with Crippen molar-refractivity contribution in [2.75, 3.05) is 66.1 Å². The molecule has 0 aromatic heterocycles. The summed E-state index contributed by atoms with van der Waals surface area (Å²) in [7, 11) is 0. The molecule has 0 aromatic rings. The Morgan fingerprint density at radius 3 is 1.25 bits per heavy atom. The van der Waals surface area contributed by atoms with Gasteiger partial charge in [0.2, 0.25) is 0 Å². The fourth-order valence-corrected chi connectivity index (χ4v) is 2.70. The molecule has 0 aliphatic heterocycles. The zero-order valence-corrected chi connectivity index (χ0v) is 18.3. The molecule has 5 nitrogen and oxygen atoms in total. The van der Waals surface area contributed by atoms with E-state index in [1.165, 1.54) is 57.8 Å². The molecule has 0 radical (unpaired) electrons. The molecule has 28 heavy (non-hydrogen) atoms. The highest BCUT2D eigenvalue weighted by Gasteiger charge is 1.95. The highest BCUT2D eigenvalue weighted by molar-refractivity contribution is 4.82. The van der Waals surface area contributed by atoms with Gasteiger partial charge in [0.1, 0.15) is 6.61 Å². The van der Waals surface area contributed by atoms with Crippen LogP contribution in [0.2, 0.25) is 0 Å². The minimum absolute atomic E-state index is 0.333. The van der Waals surface area contributed by atoms with Gasteiger partial charge < -0.3 is 23.7 Å². The summed E-state index contributed by atoms with van der Waals surface area (Å²) in [6, 6.07) is 0. The lowest BCUT2D eigenvalue weighted by Gasteiger charge is -2.07. The van der Waals surface area contributed by atoms with Crippen molar-refractivity contribution in [2.45, 2.75) is 71.1 Å². The van der Waals surface area contributed by atoms with E-state index < -0.39 is 0 Å². The zero-order chi connectivity index (χ0) is 20.4. The maximum absolute atomic E-state index is 5.60. The van der Waals surface area contributed by atoms with Gasteiger partial charge in [-0.2, -0.15) is 0 Å². The van der Waals surface area contributed by atoms with Crippen molar-refractivity contribution < 1.29 is 23.7 Å². The van der Waals surface area contributed by atoms with Crippen LogP contribution in [0, 0.1) is 12.3 Å². The number of hydrogen-bond acceptors (Lipinski definition) is 5. The van der Waals surface area contributed by atoms with Crippen molar-refractivity contribution in [3.05, 3.63) is 0 Å². The van der Waals surface area contributed by atoms with Crippen LogP contribution < -0.4 is 0 Å². The van der Waals surface area contributed by atoms with Gasteiger partial charge in [-0.25, -0.2) is 0 Å². The third-order valence-corrected chi connectivity index (χ3v) is 4.32. The lowest BCUT2D eigenvalue weighted by atomic mass is 10.1. The molecule has 5 heteroatoms. The second-order valence-corrected chi connectivity index (χ2v) is 6.89. The van der Waals surface area contributed by atoms with Gasteiger partial charge in [-0.15, -0.1) is 6.42 Å². The molecule has 0 N–H and O–H groups in total. The Morgan fingerprint density at radius 1 is 0.464 bits per heavy atom. The molecule has 0 unspecified atom stereocenters. The molecule has 0 aliphatic rings. The first-order valence-electron chi connectivity index (χ1n) is 11.2. The second kappa shape index (κ2) is 26.4. The average Bonchev–Trinajstić information content (AvgIpc) is 2.71. The van der Waals surface area contributed by atoms with Crippen LogP contribution >= 0.6 is 0 Å². The van der Waals surface area contributed by atoms with E-state index in [0.29, 0.717) is 59.5 Å². The zero-order valence-electron chi connectivity index (χ0n) is 18.3. The SMILES string of the molecule is C#CCOCCOCCOCCOCCOCCCCCCCCCCCC. The molecule has 0 rings (SSSR count). The van der Waals surface area contributed by atoms with Crippen LogP contribution in [0.1, 0.15) is 71.1 Å². The lowest BCUT2D eigenvalue weighted by molar-refractivity contribution is -0.00935. The van der Waals surface area contributed by atoms with Crippen molar-refractivity contribution >= 4 is 0 Å². The Balaban J connectivity index is 2.97. The van der Waals surface area contributed by atoms with Crippen LogP contribution in [0.3, 0.4) is 0 Å². The lowest BCUT2D eigenvalue weighted by Crippen LogP contribution is -2.13. The van der Waals surface area contributed by atoms with E-state index in [1.807, 2.05) is 0 Å². The van der Waals surface area contributed by atoms with E-state index in [2.05, 4.69) is 12.8 Å². The molecule has 0 aromatic carbocycles. The first kappa shape index (κ1) is 27.4. The van der Waals surface area contributed by atoms with Gasteiger partial charge in [0.05, 0.1) is 52.9 Å². The van der Waals surface area contributed by atoms with Crippen LogP contribution in [0.4, 0.5) is 0 Å². The normalized spacial score (nSPS) is 11.0. The van der Waals surface area contributed by atoms with Crippen LogP contribution in [0.25, 0.3) is 0 Å². The highest BCUT2D eigenvalue weighted by Crippen LogP contribution is 2.10. The second-order valence-electron chi connectivity index (χ2n) is 6.89. The number of rotatable bonds is 24. The molecular weight excluding hydrogens is 356 g/mol. The predicted molar refractivity (Wildman–Crippen MR) is 115 cm³/mol. The molecule has 0 bridgehead atoms. The Morgan fingerprint density at radius 2 is 0.821 bits per heavy atom. The molecule has 0 atom stereocenters. The topological polar surface area (TPSA) is 46.2 Å². The third kappa shape index (κ3) is 25.4. The van der Waals surface area contributed by atoms with Crippen molar-refractivity contribution in [3.63, 3.8) is 0 Å². The summed E-state index contributed by atoms with van der Waals surface area (Å²) in [5.41, 5.74) is 0. The molecule has 0 heterocycles. The summed E-state index contributed by atoms with van der Waals surface area (Å²) in [5.74, 6) is 2.41. The predicted octanol–water partition coefficient (Wildman–Crippen LogP) is 4.62. The van der Waals surface area contributed by atoms with Crippen LogP contribution in [-0.2, 0) is 23.7 Å². The Labute approximate surface area is 173 Å². The van der Waals surface area contributed by atoms with E-state index in [1.54, 1.807) is 0 Å². The average molecular weight is 401 g/mol. The van der Waals surface area contributed by atoms with Crippen molar-refractivity contribution in [1.82, 2.24) is 0 Å². The van der Waals surface area contributed by atoms with E-state index in [4.69, 9.17) is 30.1 Å². The van der Waals surface area contributed by atoms with Gasteiger partial charge >= 0.3 is 0 Å². The standard InChI is InChI=1S/C23H44O5/c1-3-5-6-7-8-9-10-11-12-13-15-25-17-19-27-21-23-28-22-20-26-18-16-24-14-4-2/h2H,3,5-23H2,1H3. The first-order valence-corrected chi connectivity index (χ1v) is 11.2. The fraction of sp³-hybridized carbons (Fsp3) is 0.913. The van der Waals surface area contributed by atoms with Gasteiger partial charge in [-0.3, -0.25) is 0 Å². The summed E-state index contributed by atoms with van der Waals surface area (Å²) in [6.07, 6.45) is 18.6. The molecule has 0 saturated carbocycles. The summed E-state index contributed by atoms with van der Waals surface area (Å²) >= 11 is 0. The van der Waals surface area contributed by atoms with Gasteiger partial charge in [-0.05, 0) is 6.42 Å². The number of ether oxygens (including phenoxy) is 5. The minimum Gasteiger partial charge on any atom is -0.379 e. The van der Waals surface area contributed by atoms with Crippen LogP contribution in [0.5, 0.6) is 0 Å². The molecule has 166 valence electrons. The van der Waals surface area contributed by atoms with Crippen LogP contribution in [-0.4, -0.2) is 66.1 Å². The summed E-state index contributed by atoms with van der Waals surface area (Å²) < 4.78 is 26.9. The maximum Gasteiger partial charge on any atom is 0.107 e. The van der Waals surface area contributed by atoms with E-state index in [9.17, 15) is 0 Å². The van der Waals surface area contributed by atoms with Gasteiger partial charge in [0.15, 0.2) is 0 Å². The van der Waals surface area contributed by atoms with Crippen molar-refractivity contribution in [1.29, 1.82) is 0 Å². The molecule has 0 aliphatic carbocycles. The minimum atomic E-state index is 0.333. The van der Waals surface area contributed by atoms with E-state index in [-0.39, 0.29) is 0 Å². The Kier molecular flexibility index (Phi) is 25.8. The third-order valence-electron chi connectivity index (χ3n) is 4.32. The highest BCUT2D eigenvalue weighted by atomic mass is 16.6. The van der Waals surface area contributed by atoms with E-state index in [0.717, 1.165) is 13.0 Å². The Bertz CT molecular complexity index is 317. The summed E-state index contributed by atoms with van der Waals surface area (Å²) in [5, 5.41) is 0. The van der Waals surface area contributed by atoms with Crippen LogP contribution in [0.15, 0.2) is 0 Å². The number of terminal acetylenes is 1. The maximum atomic E-state index is 5.60. The molecule has 0 spiro atoms. The Hall–Kier alpha value is -0.640. The van der Waals surface area contributed by atoms with Crippen molar-refractivity contribution in [2.24, 2.45) is 0 Å². The molecular formula is C23H44O5. The monoisotopic (exact) mass is 400 g/mol. The van der Waals surface area contributed by atoms with Crippen molar-refractivity contribution in [3.8, 4) is 12.3 Å². The quantitative estimate of drug-likeness (QED) is 0.175. The van der Waals surface area contributed by atoms with E-state index >= 15 is 0 Å². The molecule has 0 fully saturated rings. The van der Waals surface area contributed by atoms with Gasteiger partial charge in [-0.1, -0.05) is 70.6 Å². The number of hydrogen-bond donors (Lipinski definition) is 0. The largest absolute Gasteiger partial charge is 0.379 e. The first-order chi connectivity index (χ1) is 13.9. The summed E-state index contributed by atoms with van der Waals surface area (Å²) in [4.78, 5) is 0.